The minimum absolute atomic E-state index is 0.171. The van der Waals surface area contributed by atoms with Crippen LogP contribution < -0.4 is 0 Å². The van der Waals surface area contributed by atoms with E-state index in [1.807, 2.05) is 36.1 Å². The minimum Gasteiger partial charge on any atom is -0.333 e. The molecule has 0 N–H and O–H groups in total. The third-order valence-electron chi connectivity index (χ3n) is 5.13. The Morgan fingerprint density at radius 1 is 1.27 bits per heavy atom. The topological polar surface area (TPSA) is 33.2 Å². The first-order chi connectivity index (χ1) is 12.6. The van der Waals surface area contributed by atoms with E-state index in [-0.39, 0.29) is 11.8 Å². The zero-order valence-electron chi connectivity index (χ0n) is 14.7. The Kier molecular flexibility index (Phi) is 4.96. The van der Waals surface area contributed by atoms with Crippen molar-refractivity contribution in [1.29, 1.82) is 0 Å². The molecule has 2 aromatic heterocycles. The van der Waals surface area contributed by atoms with E-state index in [9.17, 15) is 4.79 Å². The molecule has 0 atom stereocenters. The number of benzene rings is 1. The fourth-order valence-corrected chi connectivity index (χ4v) is 4.32. The number of halogens is 1. The number of aryl methyl sites for hydroxylation is 1. The zero-order chi connectivity index (χ0) is 18.1. The van der Waals surface area contributed by atoms with E-state index in [0.29, 0.717) is 18.2 Å². The Bertz CT molecular complexity index is 935. The Morgan fingerprint density at radius 3 is 2.81 bits per heavy atom. The van der Waals surface area contributed by atoms with E-state index < -0.39 is 0 Å². The van der Waals surface area contributed by atoms with Crippen molar-refractivity contribution in [3.8, 4) is 0 Å². The van der Waals surface area contributed by atoms with E-state index in [1.54, 1.807) is 11.3 Å². The molecule has 1 aromatic carbocycles. The number of aromatic nitrogens is 1. The van der Waals surface area contributed by atoms with Gasteiger partial charge >= 0.3 is 0 Å². The molecule has 3 aromatic rings. The summed E-state index contributed by atoms with van der Waals surface area (Å²) in [5, 5.41) is 3.61. The molecule has 0 spiro atoms. The fourth-order valence-electron chi connectivity index (χ4n) is 3.40. The van der Waals surface area contributed by atoms with Crippen molar-refractivity contribution in [3.05, 3.63) is 62.9 Å². The van der Waals surface area contributed by atoms with Crippen molar-refractivity contribution < 1.29 is 4.79 Å². The normalized spacial score (nSPS) is 14.4. The summed E-state index contributed by atoms with van der Waals surface area (Å²) >= 11 is 8.17. The van der Waals surface area contributed by atoms with Crippen molar-refractivity contribution in [2.75, 3.05) is 0 Å². The van der Waals surface area contributed by atoms with Gasteiger partial charge in [0, 0.05) is 28.3 Å². The Balaban J connectivity index is 1.65. The second-order valence-corrected chi connectivity index (χ2v) is 8.38. The minimum atomic E-state index is 0.171. The molecule has 2 heterocycles. The zero-order valence-corrected chi connectivity index (χ0v) is 16.3. The lowest BCUT2D eigenvalue weighted by atomic mass is 9.84. The van der Waals surface area contributed by atoms with E-state index >= 15 is 0 Å². The van der Waals surface area contributed by atoms with E-state index in [2.05, 4.69) is 22.5 Å². The molecule has 1 amide bonds. The Labute approximate surface area is 162 Å². The largest absolute Gasteiger partial charge is 0.333 e. The first-order valence-corrected chi connectivity index (χ1v) is 10.2. The van der Waals surface area contributed by atoms with Gasteiger partial charge in [-0.15, -0.1) is 11.3 Å². The second kappa shape index (κ2) is 7.37. The van der Waals surface area contributed by atoms with Crippen LogP contribution in [0.1, 0.15) is 35.3 Å². The third kappa shape index (κ3) is 3.49. The van der Waals surface area contributed by atoms with Gasteiger partial charge in [-0.3, -0.25) is 4.79 Å². The number of para-hydroxylation sites is 1. The molecule has 1 aliphatic rings. The quantitative estimate of drug-likeness (QED) is 0.537. The fraction of sp³-hybridized carbons (Fsp3) is 0.333. The number of amides is 1. The molecule has 5 heteroatoms. The van der Waals surface area contributed by atoms with Crippen LogP contribution in [-0.4, -0.2) is 15.8 Å². The number of thiophene rings is 1. The van der Waals surface area contributed by atoms with Crippen molar-refractivity contribution in [1.82, 2.24) is 9.88 Å². The van der Waals surface area contributed by atoms with Crippen LogP contribution in [0.15, 0.2) is 41.8 Å². The van der Waals surface area contributed by atoms with Crippen LogP contribution in [0.5, 0.6) is 0 Å². The van der Waals surface area contributed by atoms with Gasteiger partial charge in [0.25, 0.3) is 0 Å². The lowest BCUT2D eigenvalue weighted by molar-refractivity contribution is -0.139. The van der Waals surface area contributed by atoms with Gasteiger partial charge in [0.2, 0.25) is 5.91 Å². The molecule has 0 saturated heterocycles. The van der Waals surface area contributed by atoms with Gasteiger partial charge < -0.3 is 4.90 Å². The molecule has 0 radical (unpaired) electrons. The number of nitrogens with zero attached hydrogens (tertiary/aromatic N) is 2. The highest BCUT2D eigenvalue weighted by Gasteiger charge is 2.30. The van der Waals surface area contributed by atoms with Crippen LogP contribution in [0, 0.1) is 12.8 Å². The van der Waals surface area contributed by atoms with Gasteiger partial charge in [0.15, 0.2) is 0 Å². The molecule has 0 unspecified atom stereocenters. The molecule has 4 rings (SSSR count). The molecule has 134 valence electrons. The van der Waals surface area contributed by atoms with Crippen molar-refractivity contribution in [3.63, 3.8) is 0 Å². The maximum absolute atomic E-state index is 13.0. The summed E-state index contributed by atoms with van der Waals surface area (Å²) in [5.41, 5.74) is 2.95. The summed E-state index contributed by atoms with van der Waals surface area (Å²) in [6.45, 7) is 3.17. The van der Waals surface area contributed by atoms with Crippen molar-refractivity contribution in [2.24, 2.45) is 5.92 Å². The van der Waals surface area contributed by atoms with Gasteiger partial charge in [0.1, 0.15) is 5.15 Å². The summed E-state index contributed by atoms with van der Waals surface area (Å²) in [7, 11) is 0. The molecule has 1 saturated carbocycles. The first-order valence-electron chi connectivity index (χ1n) is 8.98. The summed E-state index contributed by atoms with van der Waals surface area (Å²) in [5.74, 6) is 0.412. The molecule has 0 bridgehead atoms. The number of hydrogen-bond donors (Lipinski definition) is 0. The van der Waals surface area contributed by atoms with Gasteiger partial charge in [-0.25, -0.2) is 4.98 Å². The van der Waals surface area contributed by atoms with Crippen LogP contribution in [-0.2, 0) is 17.9 Å². The second-order valence-electron chi connectivity index (χ2n) is 6.99. The van der Waals surface area contributed by atoms with Crippen LogP contribution in [0.3, 0.4) is 0 Å². The average Bonchev–Trinajstić information content (AvgIpc) is 3.07. The average molecular weight is 385 g/mol. The summed E-state index contributed by atoms with van der Waals surface area (Å²) in [4.78, 5) is 20.7. The SMILES string of the molecule is Cc1cccc2cc(CN(Cc3cccs3)C(=O)C3CCC3)c(Cl)nc12. The predicted octanol–water partition coefficient (Wildman–Crippen LogP) is 5.59. The highest BCUT2D eigenvalue weighted by Crippen LogP contribution is 2.31. The summed E-state index contributed by atoms with van der Waals surface area (Å²) in [6.07, 6.45) is 3.16. The molecule has 1 aliphatic carbocycles. The van der Waals surface area contributed by atoms with E-state index in [0.717, 1.165) is 41.3 Å². The lowest BCUT2D eigenvalue weighted by Crippen LogP contribution is -2.38. The summed E-state index contributed by atoms with van der Waals surface area (Å²) < 4.78 is 0. The number of rotatable bonds is 5. The standard InChI is InChI=1S/C21H21ClN2OS/c1-14-5-2-8-16-11-17(20(22)23-19(14)16)12-24(13-18-9-4-10-26-18)21(25)15-6-3-7-15/h2,4-5,8-11,15H,3,6-7,12-13H2,1H3. The van der Waals surface area contributed by atoms with Crippen LogP contribution in [0.2, 0.25) is 5.15 Å². The molecule has 26 heavy (non-hydrogen) atoms. The maximum Gasteiger partial charge on any atom is 0.226 e. The van der Waals surface area contributed by atoms with E-state index in [1.165, 1.54) is 4.88 Å². The Morgan fingerprint density at radius 2 is 2.12 bits per heavy atom. The molecular formula is C21H21ClN2OS. The molecule has 1 fully saturated rings. The molecule has 3 nitrogen and oxygen atoms in total. The van der Waals surface area contributed by atoms with Crippen LogP contribution in [0.4, 0.5) is 0 Å². The van der Waals surface area contributed by atoms with Gasteiger partial charge in [-0.05, 0) is 42.8 Å². The van der Waals surface area contributed by atoms with E-state index in [4.69, 9.17) is 11.6 Å². The third-order valence-corrected chi connectivity index (χ3v) is 6.32. The lowest BCUT2D eigenvalue weighted by Gasteiger charge is -2.31. The van der Waals surface area contributed by atoms with Crippen LogP contribution in [0.25, 0.3) is 10.9 Å². The Hall–Kier alpha value is -1.91. The predicted molar refractivity (Wildman–Crippen MR) is 107 cm³/mol. The van der Waals surface area contributed by atoms with Crippen LogP contribution >= 0.6 is 22.9 Å². The molecular weight excluding hydrogens is 364 g/mol. The monoisotopic (exact) mass is 384 g/mol. The van der Waals surface area contributed by atoms with Crippen molar-refractivity contribution in [2.45, 2.75) is 39.3 Å². The smallest absolute Gasteiger partial charge is 0.226 e. The highest BCUT2D eigenvalue weighted by molar-refractivity contribution is 7.09. The van der Waals surface area contributed by atoms with Crippen molar-refractivity contribution >= 4 is 39.7 Å². The number of fused-ring (bicyclic) bond motifs is 1. The van der Waals surface area contributed by atoms with Gasteiger partial charge in [0.05, 0.1) is 12.1 Å². The summed E-state index contributed by atoms with van der Waals surface area (Å²) in [6, 6.07) is 12.3. The van der Waals surface area contributed by atoms with Gasteiger partial charge in [-0.2, -0.15) is 0 Å². The first kappa shape index (κ1) is 17.5. The van der Waals surface area contributed by atoms with Gasteiger partial charge in [-0.1, -0.05) is 42.3 Å². The number of hydrogen-bond acceptors (Lipinski definition) is 3. The molecule has 0 aliphatic heterocycles. The number of pyridine rings is 1. The number of carbonyl (C=O) groups excluding carboxylic acids is 1. The number of carbonyl (C=O) groups is 1. The maximum atomic E-state index is 13.0. The highest BCUT2D eigenvalue weighted by atomic mass is 35.5.